The predicted octanol–water partition coefficient (Wildman–Crippen LogP) is 4.53. The van der Waals surface area contributed by atoms with Gasteiger partial charge >= 0.3 is 5.97 Å². The maximum atomic E-state index is 14.2. The summed E-state index contributed by atoms with van der Waals surface area (Å²) in [6.07, 6.45) is 2.50. The molecule has 2 aromatic rings. The molecule has 1 N–H and O–H groups in total. The summed E-state index contributed by atoms with van der Waals surface area (Å²) in [7, 11) is 1.41. The number of hydrogen-bond donors (Lipinski definition) is 1. The largest absolute Gasteiger partial charge is 0.494 e. The number of benzene rings is 2. The van der Waals surface area contributed by atoms with E-state index >= 15 is 0 Å². The van der Waals surface area contributed by atoms with Crippen LogP contribution < -0.4 is 9.47 Å². The Morgan fingerprint density at radius 1 is 1.25 bits per heavy atom. The number of ether oxygens (including phenoxy) is 3. The van der Waals surface area contributed by atoms with Crippen molar-refractivity contribution in [2.45, 2.75) is 62.7 Å². The lowest BCUT2D eigenvalue weighted by Crippen LogP contribution is -2.60. The van der Waals surface area contributed by atoms with Gasteiger partial charge in [-0.25, -0.2) is 4.39 Å². The maximum absolute atomic E-state index is 14.2. The summed E-state index contributed by atoms with van der Waals surface area (Å²) in [5, 5.41) is 9.39. The average molecular weight is 498 g/mol. The molecule has 1 spiro atoms. The van der Waals surface area contributed by atoms with Crippen LogP contribution in [0.25, 0.3) is 0 Å². The van der Waals surface area contributed by atoms with Crippen molar-refractivity contribution >= 4 is 11.9 Å². The third-order valence-corrected chi connectivity index (χ3v) is 8.15. The van der Waals surface area contributed by atoms with E-state index in [0.29, 0.717) is 31.6 Å². The minimum atomic E-state index is -0.869. The second-order valence-electron chi connectivity index (χ2n) is 10.4. The Bertz CT molecular complexity index is 1170. The van der Waals surface area contributed by atoms with Crippen molar-refractivity contribution in [3.8, 4) is 11.5 Å². The molecule has 0 radical (unpaired) electrons. The first kappa shape index (κ1) is 24.6. The molecule has 1 amide bonds. The number of aliphatic carboxylic acids is 1. The van der Waals surface area contributed by atoms with E-state index in [0.717, 1.165) is 24.2 Å². The minimum Gasteiger partial charge on any atom is -0.494 e. The van der Waals surface area contributed by atoms with E-state index in [1.807, 2.05) is 36.1 Å². The Balaban J connectivity index is 1.41. The number of carbonyl (C=O) groups is 2. The maximum Gasteiger partial charge on any atom is 0.303 e. The van der Waals surface area contributed by atoms with Gasteiger partial charge in [0.15, 0.2) is 11.6 Å². The summed E-state index contributed by atoms with van der Waals surface area (Å²) in [6.45, 7) is 2.98. The van der Waals surface area contributed by atoms with Gasteiger partial charge in [-0.1, -0.05) is 24.3 Å². The van der Waals surface area contributed by atoms with Crippen molar-refractivity contribution in [3.63, 3.8) is 0 Å². The van der Waals surface area contributed by atoms with Gasteiger partial charge in [0.05, 0.1) is 31.8 Å². The highest BCUT2D eigenvalue weighted by atomic mass is 19.1. The van der Waals surface area contributed by atoms with Crippen LogP contribution in [0.1, 0.15) is 56.3 Å². The molecule has 3 aliphatic heterocycles. The fourth-order valence-corrected chi connectivity index (χ4v) is 6.29. The number of likely N-dealkylation sites (tertiary alicyclic amines) is 1. The Labute approximate surface area is 210 Å². The molecule has 5 rings (SSSR count). The Morgan fingerprint density at radius 3 is 2.81 bits per heavy atom. The van der Waals surface area contributed by atoms with Gasteiger partial charge in [-0.2, -0.15) is 0 Å². The molecule has 0 bridgehead atoms. The third-order valence-electron chi connectivity index (χ3n) is 8.15. The number of carboxylic acid groups (broad SMARTS) is 1. The summed E-state index contributed by atoms with van der Waals surface area (Å²) >= 11 is 0. The highest BCUT2D eigenvalue weighted by molar-refractivity contribution is 5.80. The molecule has 0 aliphatic carbocycles. The van der Waals surface area contributed by atoms with E-state index in [4.69, 9.17) is 14.2 Å². The van der Waals surface area contributed by atoms with Crippen LogP contribution in [-0.4, -0.2) is 53.3 Å². The van der Waals surface area contributed by atoms with E-state index in [9.17, 15) is 19.1 Å². The van der Waals surface area contributed by atoms with Crippen LogP contribution in [0.5, 0.6) is 11.5 Å². The topological polar surface area (TPSA) is 85.3 Å². The van der Waals surface area contributed by atoms with Gasteiger partial charge in [0.2, 0.25) is 5.91 Å². The van der Waals surface area contributed by atoms with Crippen molar-refractivity contribution in [1.82, 2.24) is 4.90 Å². The minimum absolute atomic E-state index is 0.0133. The zero-order valence-electron chi connectivity index (χ0n) is 20.7. The van der Waals surface area contributed by atoms with Crippen molar-refractivity contribution in [2.75, 3.05) is 20.3 Å². The first-order valence-electron chi connectivity index (χ1n) is 12.5. The van der Waals surface area contributed by atoms with Gasteiger partial charge in [-0.3, -0.25) is 9.59 Å². The van der Waals surface area contributed by atoms with E-state index < -0.39 is 22.9 Å². The van der Waals surface area contributed by atoms with Crippen molar-refractivity contribution in [1.29, 1.82) is 0 Å². The normalized spacial score (nSPS) is 28.8. The van der Waals surface area contributed by atoms with Gasteiger partial charge in [0.1, 0.15) is 11.4 Å². The molecule has 0 aromatic heterocycles. The highest BCUT2D eigenvalue weighted by Crippen LogP contribution is 2.55. The lowest BCUT2D eigenvalue weighted by Gasteiger charge is -2.54. The second-order valence-corrected chi connectivity index (χ2v) is 10.4. The monoisotopic (exact) mass is 497 g/mol. The number of fused-ring (bicyclic) bond motifs is 3. The van der Waals surface area contributed by atoms with Crippen molar-refractivity contribution in [3.05, 3.63) is 59.4 Å². The van der Waals surface area contributed by atoms with E-state index in [2.05, 4.69) is 0 Å². The summed E-state index contributed by atoms with van der Waals surface area (Å²) < 4.78 is 32.2. The predicted molar refractivity (Wildman–Crippen MR) is 129 cm³/mol. The number of amides is 1. The number of hydrogen-bond acceptors (Lipinski definition) is 5. The SMILES string of the molecule is COc1ccc(CC(=O)N2CCC[C@]23CO[C@H]2c4ccccc4O[C@@](C)(CCC(=O)O)[C@@H]2C3)cc1F. The molecule has 3 aliphatic rings. The number of methoxy groups -OCH3 is 1. The lowest BCUT2D eigenvalue weighted by molar-refractivity contribution is -0.179. The first-order valence-corrected chi connectivity index (χ1v) is 12.5. The molecule has 7 nitrogen and oxygen atoms in total. The van der Waals surface area contributed by atoms with Crippen LogP contribution in [-0.2, 0) is 20.7 Å². The number of rotatable bonds is 6. The molecule has 2 saturated heterocycles. The van der Waals surface area contributed by atoms with Crippen LogP contribution in [0.15, 0.2) is 42.5 Å². The van der Waals surface area contributed by atoms with E-state index in [1.165, 1.54) is 19.2 Å². The fraction of sp³-hybridized carbons (Fsp3) is 0.500. The zero-order chi connectivity index (χ0) is 25.5. The molecule has 4 atom stereocenters. The highest BCUT2D eigenvalue weighted by Gasteiger charge is 2.57. The summed E-state index contributed by atoms with van der Waals surface area (Å²) in [5.41, 5.74) is 0.316. The molecular weight excluding hydrogens is 465 g/mol. The standard InChI is InChI=1S/C28H32FNO6/c1-27(12-10-25(32)33)20-16-28(17-35-26(20)19-6-3-4-7-22(19)36-27)11-5-13-30(28)24(31)15-18-8-9-23(34-2)21(29)14-18/h3-4,6-9,14,20,26H,5,10-13,15-17H2,1-2H3,(H,32,33)/t20-,26+,27+,28+/m1/s1. The lowest BCUT2D eigenvalue weighted by atomic mass is 9.68. The van der Waals surface area contributed by atoms with E-state index in [1.54, 1.807) is 6.07 Å². The van der Waals surface area contributed by atoms with Crippen LogP contribution in [0.4, 0.5) is 4.39 Å². The van der Waals surface area contributed by atoms with Crippen LogP contribution in [0.3, 0.4) is 0 Å². The first-order chi connectivity index (χ1) is 17.2. The van der Waals surface area contributed by atoms with Crippen LogP contribution in [0.2, 0.25) is 0 Å². The average Bonchev–Trinajstić information content (AvgIpc) is 3.26. The smallest absolute Gasteiger partial charge is 0.303 e. The Hall–Kier alpha value is -3.13. The number of nitrogens with zero attached hydrogens (tertiary/aromatic N) is 1. The van der Waals surface area contributed by atoms with Crippen LogP contribution in [0, 0.1) is 11.7 Å². The molecule has 3 heterocycles. The molecule has 2 fully saturated rings. The summed E-state index contributed by atoms with van der Waals surface area (Å²) in [6, 6.07) is 12.4. The third kappa shape index (κ3) is 4.32. The van der Waals surface area contributed by atoms with Crippen molar-refractivity contribution in [2.24, 2.45) is 5.92 Å². The number of carbonyl (C=O) groups excluding carboxylic acids is 1. The second kappa shape index (κ2) is 9.39. The molecule has 8 heteroatoms. The van der Waals surface area contributed by atoms with Gasteiger partial charge in [-0.05, 0) is 56.4 Å². The van der Waals surface area contributed by atoms with Crippen LogP contribution >= 0.6 is 0 Å². The number of carboxylic acids is 1. The molecule has 0 saturated carbocycles. The zero-order valence-corrected chi connectivity index (χ0v) is 20.7. The molecular formula is C28H32FNO6. The van der Waals surface area contributed by atoms with Gasteiger partial charge in [0.25, 0.3) is 0 Å². The summed E-state index contributed by atoms with van der Waals surface area (Å²) in [4.78, 5) is 26.8. The fourth-order valence-electron chi connectivity index (χ4n) is 6.29. The van der Waals surface area contributed by atoms with Gasteiger partial charge < -0.3 is 24.2 Å². The van der Waals surface area contributed by atoms with Gasteiger partial charge in [0, 0.05) is 24.4 Å². The Morgan fingerprint density at radius 2 is 2.06 bits per heavy atom. The van der Waals surface area contributed by atoms with Crippen molar-refractivity contribution < 1.29 is 33.3 Å². The quantitative estimate of drug-likeness (QED) is 0.631. The summed E-state index contributed by atoms with van der Waals surface area (Å²) in [5.74, 6) is -0.672. The molecule has 0 unspecified atom stereocenters. The Kier molecular flexibility index (Phi) is 6.41. The molecule has 36 heavy (non-hydrogen) atoms. The molecule has 2 aromatic carbocycles. The van der Waals surface area contributed by atoms with E-state index in [-0.39, 0.29) is 36.5 Å². The van der Waals surface area contributed by atoms with Gasteiger partial charge in [-0.15, -0.1) is 0 Å². The molecule has 192 valence electrons. The number of para-hydroxylation sites is 1. The number of halogens is 1.